The molecule has 0 aliphatic heterocycles. The van der Waals surface area contributed by atoms with Crippen LogP contribution in [0.2, 0.25) is 0 Å². The number of hydrogen-bond acceptors (Lipinski definition) is 2. The first-order valence-corrected chi connectivity index (χ1v) is 8.17. The highest BCUT2D eigenvalue weighted by molar-refractivity contribution is 7.51. The van der Waals surface area contributed by atoms with Crippen molar-refractivity contribution in [1.29, 1.82) is 5.26 Å². The molecule has 2 rings (SSSR count). The van der Waals surface area contributed by atoms with Crippen LogP contribution in [0.25, 0.3) is 0 Å². The predicted octanol–water partition coefficient (Wildman–Crippen LogP) is 2.98. The Balaban J connectivity index is 2.66. The molecular weight excluding hydrogens is 287 g/mol. The topological polar surface area (TPSA) is 81.3 Å². The molecule has 0 radical (unpaired) electrons. The zero-order valence-electron chi connectivity index (χ0n) is 11.3. The molecule has 0 aromatic heterocycles. The first kappa shape index (κ1) is 15.4. The van der Waals surface area contributed by atoms with Crippen molar-refractivity contribution in [3.05, 3.63) is 60.7 Å². The Kier molecular flexibility index (Phi) is 4.56. The summed E-state index contributed by atoms with van der Waals surface area (Å²) in [6, 6.07) is 20.0. The van der Waals surface area contributed by atoms with Gasteiger partial charge in [-0.05, 0) is 24.3 Å². The van der Waals surface area contributed by atoms with Crippen LogP contribution >= 0.6 is 7.60 Å². The highest BCUT2D eigenvalue weighted by Gasteiger charge is 2.39. The van der Waals surface area contributed by atoms with Crippen molar-refractivity contribution in [1.82, 2.24) is 4.48 Å². The molecule has 0 saturated heterocycles. The molecule has 0 spiro atoms. The van der Waals surface area contributed by atoms with Gasteiger partial charge >= 0.3 is 7.60 Å². The maximum absolute atomic E-state index is 11.6. The van der Waals surface area contributed by atoms with Gasteiger partial charge in [0, 0.05) is 0 Å². The van der Waals surface area contributed by atoms with Crippen LogP contribution in [0.5, 0.6) is 0 Å². The molecule has 2 aromatic carbocycles. The lowest BCUT2D eigenvalue weighted by atomic mass is 10.2. The second-order valence-corrected chi connectivity index (χ2v) is 6.37. The van der Waals surface area contributed by atoms with E-state index >= 15 is 0 Å². The molecule has 0 heterocycles. The van der Waals surface area contributed by atoms with E-state index in [1.807, 2.05) is 12.1 Å². The Bertz CT molecular complexity index is 638. The maximum atomic E-state index is 11.6. The van der Waals surface area contributed by atoms with Crippen molar-refractivity contribution >= 4 is 19.0 Å². The monoisotopic (exact) mass is 303 g/mol. The lowest BCUT2D eigenvalue weighted by Gasteiger charge is -2.35. The summed E-state index contributed by atoms with van der Waals surface area (Å²) < 4.78 is 11.4. The highest BCUT2D eigenvalue weighted by atomic mass is 31.2. The van der Waals surface area contributed by atoms with Crippen LogP contribution in [-0.2, 0) is 4.57 Å². The van der Waals surface area contributed by atoms with Crippen LogP contribution in [0.4, 0.5) is 11.4 Å². The van der Waals surface area contributed by atoms with Crippen LogP contribution in [0.15, 0.2) is 60.7 Å². The normalized spacial score (nSPS) is 11.9. The van der Waals surface area contributed by atoms with Crippen LogP contribution in [-0.4, -0.2) is 22.6 Å². The van der Waals surface area contributed by atoms with E-state index in [-0.39, 0.29) is 11.0 Å². The third kappa shape index (κ3) is 3.57. The Morgan fingerprint density at radius 2 is 1.38 bits per heavy atom. The molecular formula is C15H16N2O3P+. The molecule has 0 atom stereocenters. The van der Waals surface area contributed by atoms with Crippen LogP contribution in [0, 0.1) is 11.3 Å². The van der Waals surface area contributed by atoms with Gasteiger partial charge in [0.25, 0.3) is 0 Å². The SMILES string of the molecule is N#CC[N+](CP(=O)(O)O)(c1ccccc1)c1ccccc1. The van der Waals surface area contributed by atoms with Crippen molar-refractivity contribution in [2.24, 2.45) is 0 Å². The Labute approximate surface area is 123 Å². The minimum atomic E-state index is -4.33. The second kappa shape index (κ2) is 6.21. The van der Waals surface area contributed by atoms with E-state index in [4.69, 9.17) is 0 Å². The summed E-state index contributed by atoms with van der Waals surface area (Å²) in [6.45, 7) is -0.0564. The third-order valence-electron chi connectivity index (χ3n) is 3.27. The van der Waals surface area contributed by atoms with Gasteiger partial charge in [0.2, 0.25) is 0 Å². The molecule has 0 unspecified atom stereocenters. The van der Waals surface area contributed by atoms with E-state index in [2.05, 4.69) is 6.07 Å². The molecule has 0 bridgehead atoms. The maximum Gasteiger partial charge on any atom is 0.380 e. The number of para-hydroxylation sites is 2. The first-order valence-electron chi connectivity index (χ1n) is 6.38. The van der Waals surface area contributed by atoms with E-state index in [1.54, 1.807) is 48.5 Å². The van der Waals surface area contributed by atoms with E-state index in [1.165, 1.54) is 0 Å². The van der Waals surface area contributed by atoms with E-state index in [0.717, 1.165) is 0 Å². The van der Waals surface area contributed by atoms with Gasteiger partial charge in [-0.25, -0.2) is 4.48 Å². The van der Waals surface area contributed by atoms with Gasteiger partial charge < -0.3 is 9.79 Å². The number of nitriles is 1. The molecule has 0 saturated carbocycles. The minimum absolute atomic E-state index is 0.0564. The molecule has 2 N–H and O–H groups in total. The summed E-state index contributed by atoms with van der Waals surface area (Å²) in [6.07, 6.45) is -0.450. The summed E-state index contributed by atoms with van der Waals surface area (Å²) >= 11 is 0. The Morgan fingerprint density at radius 3 is 1.71 bits per heavy atom. The summed E-state index contributed by atoms with van der Waals surface area (Å²) in [5.74, 6) is 0. The first-order chi connectivity index (χ1) is 9.98. The van der Waals surface area contributed by atoms with Crippen LogP contribution in [0.1, 0.15) is 0 Å². The molecule has 0 aliphatic rings. The quantitative estimate of drug-likeness (QED) is 0.505. The molecule has 0 amide bonds. The number of quaternary nitrogens is 1. The van der Waals surface area contributed by atoms with Gasteiger partial charge in [0.15, 0.2) is 12.8 Å². The van der Waals surface area contributed by atoms with Crippen molar-refractivity contribution in [3.63, 3.8) is 0 Å². The lowest BCUT2D eigenvalue weighted by molar-refractivity contribution is 0.342. The summed E-state index contributed by atoms with van der Waals surface area (Å²) in [7, 11) is -4.33. The number of rotatable bonds is 5. The van der Waals surface area contributed by atoms with Crippen molar-refractivity contribution in [2.75, 3.05) is 12.8 Å². The zero-order valence-corrected chi connectivity index (χ0v) is 12.2. The fraction of sp³-hybridized carbons (Fsp3) is 0.133. The predicted molar refractivity (Wildman–Crippen MR) is 81.7 cm³/mol. The van der Waals surface area contributed by atoms with Gasteiger partial charge in [0.05, 0.1) is 0 Å². The summed E-state index contributed by atoms with van der Waals surface area (Å²) in [5.41, 5.74) is 1.35. The summed E-state index contributed by atoms with van der Waals surface area (Å²) in [5, 5.41) is 9.20. The smallest absolute Gasteiger partial charge is 0.320 e. The van der Waals surface area contributed by atoms with Crippen LogP contribution < -0.4 is 4.48 Å². The Morgan fingerprint density at radius 1 is 0.952 bits per heavy atom. The van der Waals surface area contributed by atoms with Crippen molar-refractivity contribution in [3.8, 4) is 6.07 Å². The molecule has 0 aliphatic carbocycles. The van der Waals surface area contributed by atoms with Gasteiger partial charge in [-0.15, -0.1) is 0 Å². The number of benzene rings is 2. The molecule has 108 valence electrons. The highest BCUT2D eigenvalue weighted by Crippen LogP contribution is 2.45. The number of nitrogens with zero attached hydrogens (tertiary/aromatic N) is 2. The largest absolute Gasteiger partial charge is 0.380 e. The molecule has 5 nitrogen and oxygen atoms in total. The lowest BCUT2D eigenvalue weighted by Crippen LogP contribution is -2.45. The fourth-order valence-corrected chi connectivity index (χ4v) is 3.46. The fourth-order valence-electron chi connectivity index (χ4n) is 2.41. The van der Waals surface area contributed by atoms with E-state index < -0.39 is 13.9 Å². The second-order valence-electron chi connectivity index (χ2n) is 4.76. The molecule has 0 fully saturated rings. The molecule has 21 heavy (non-hydrogen) atoms. The zero-order chi connectivity index (χ0) is 15.3. The standard InChI is InChI=1S/C15H15N2O3P/c16-11-12-17(13-21(18,19)20,14-7-3-1-4-8-14)15-9-5-2-6-10-15/h1-10H,12-13H2,(H-,18,19,20)/p+1. The van der Waals surface area contributed by atoms with Gasteiger partial charge in [-0.1, -0.05) is 36.4 Å². The molecule has 6 heteroatoms. The molecule has 2 aromatic rings. The van der Waals surface area contributed by atoms with Crippen molar-refractivity contribution in [2.45, 2.75) is 0 Å². The van der Waals surface area contributed by atoms with Gasteiger partial charge in [0.1, 0.15) is 17.4 Å². The Hall–Kier alpha value is -1.96. The van der Waals surface area contributed by atoms with Gasteiger partial charge in [-0.2, -0.15) is 5.26 Å². The number of hydrogen-bond donors (Lipinski definition) is 2. The van der Waals surface area contributed by atoms with E-state index in [0.29, 0.717) is 11.4 Å². The van der Waals surface area contributed by atoms with Crippen LogP contribution in [0.3, 0.4) is 0 Å². The average molecular weight is 303 g/mol. The minimum Gasteiger partial charge on any atom is -0.320 e. The van der Waals surface area contributed by atoms with Gasteiger partial charge in [-0.3, -0.25) is 4.57 Å². The van der Waals surface area contributed by atoms with Crippen molar-refractivity contribution < 1.29 is 14.4 Å². The van der Waals surface area contributed by atoms with E-state index in [9.17, 15) is 19.6 Å². The summed E-state index contributed by atoms with van der Waals surface area (Å²) in [4.78, 5) is 19.0. The third-order valence-corrected chi connectivity index (χ3v) is 4.12. The average Bonchev–Trinajstić information content (AvgIpc) is 2.47.